The van der Waals surface area contributed by atoms with Gasteiger partial charge < -0.3 is 35.2 Å². The number of rotatable bonds is 3. The molecular weight excluding hydrogens is 298 g/mol. The summed E-state index contributed by atoms with van der Waals surface area (Å²) in [6.45, 7) is -0.473. The molecule has 0 radical (unpaired) electrons. The van der Waals surface area contributed by atoms with Gasteiger partial charge in [0, 0.05) is 0 Å². The number of ether oxygens (including phenoxy) is 2. The van der Waals surface area contributed by atoms with E-state index in [1.54, 1.807) is 0 Å². The number of hydrogen-bond donors (Lipinski definition) is 5. The van der Waals surface area contributed by atoms with E-state index in [9.17, 15) is 15.3 Å². The third kappa shape index (κ3) is 4.24. The third-order valence-corrected chi connectivity index (χ3v) is 4.19. The van der Waals surface area contributed by atoms with Crippen molar-refractivity contribution in [3.05, 3.63) is 0 Å². The number of nitrogens with one attached hydrogen (secondary N) is 1. The SMILES string of the molecule is OCC1OC(NC(=S)OC2CCCCC2)C(O)C(O)C1O. The highest BCUT2D eigenvalue weighted by atomic mass is 32.1. The molecule has 2 fully saturated rings. The van der Waals surface area contributed by atoms with Crippen LogP contribution in [-0.4, -0.2) is 69.0 Å². The van der Waals surface area contributed by atoms with Crippen LogP contribution in [0.4, 0.5) is 0 Å². The lowest BCUT2D eigenvalue weighted by Gasteiger charge is -2.40. The van der Waals surface area contributed by atoms with Crippen LogP contribution in [0, 0.1) is 0 Å². The highest BCUT2D eigenvalue weighted by Crippen LogP contribution is 2.22. The Morgan fingerprint density at radius 1 is 1.10 bits per heavy atom. The standard InChI is InChI=1S/C13H23NO6S/c15-6-8-9(16)10(17)11(18)12(20-8)14-13(21)19-7-4-2-1-3-5-7/h7-12,15-18H,1-6H2,(H,14,21). The predicted molar refractivity (Wildman–Crippen MR) is 77.5 cm³/mol. The molecule has 0 bridgehead atoms. The molecule has 0 spiro atoms. The zero-order valence-electron chi connectivity index (χ0n) is 11.7. The molecule has 0 aromatic carbocycles. The van der Waals surface area contributed by atoms with E-state index in [1.807, 2.05) is 0 Å². The topological polar surface area (TPSA) is 111 Å². The van der Waals surface area contributed by atoms with Crippen LogP contribution in [0.3, 0.4) is 0 Å². The summed E-state index contributed by atoms with van der Waals surface area (Å²) >= 11 is 5.08. The number of hydrogen-bond acceptors (Lipinski definition) is 7. The Labute approximate surface area is 128 Å². The Kier molecular flexibility index (Phi) is 6.15. The molecular formula is C13H23NO6S. The van der Waals surface area contributed by atoms with E-state index in [0.29, 0.717) is 0 Å². The maximum Gasteiger partial charge on any atom is 0.259 e. The summed E-state index contributed by atoms with van der Waals surface area (Å²) < 4.78 is 10.9. The van der Waals surface area contributed by atoms with Gasteiger partial charge in [0.2, 0.25) is 0 Å². The monoisotopic (exact) mass is 321 g/mol. The Morgan fingerprint density at radius 2 is 1.76 bits per heavy atom. The van der Waals surface area contributed by atoms with Crippen molar-refractivity contribution < 1.29 is 29.9 Å². The lowest BCUT2D eigenvalue weighted by Crippen LogP contribution is -2.63. The van der Waals surface area contributed by atoms with E-state index in [4.69, 9.17) is 26.8 Å². The van der Waals surface area contributed by atoms with Crippen LogP contribution < -0.4 is 5.32 Å². The van der Waals surface area contributed by atoms with E-state index < -0.39 is 37.3 Å². The van der Waals surface area contributed by atoms with Crippen LogP contribution in [0.5, 0.6) is 0 Å². The first-order chi connectivity index (χ1) is 10.0. The zero-order chi connectivity index (χ0) is 15.4. The molecule has 5 N–H and O–H groups in total. The first-order valence-electron chi connectivity index (χ1n) is 7.30. The van der Waals surface area contributed by atoms with E-state index in [0.717, 1.165) is 25.7 Å². The van der Waals surface area contributed by atoms with Crippen LogP contribution in [0.15, 0.2) is 0 Å². The summed E-state index contributed by atoms with van der Waals surface area (Å²) in [7, 11) is 0. The number of aliphatic hydroxyl groups is 4. The lowest BCUT2D eigenvalue weighted by molar-refractivity contribution is -0.233. The van der Waals surface area contributed by atoms with Crippen molar-refractivity contribution in [3.8, 4) is 0 Å². The molecule has 5 atom stereocenters. The summed E-state index contributed by atoms with van der Waals surface area (Å²) in [6, 6.07) is 0. The molecule has 1 aliphatic carbocycles. The summed E-state index contributed by atoms with van der Waals surface area (Å²) in [4.78, 5) is 0. The van der Waals surface area contributed by atoms with Crippen LogP contribution >= 0.6 is 12.2 Å². The van der Waals surface area contributed by atoms with Crippen molar-refractivity contribution >= 4 is 17.4 Å². The van der Waals surface area contributed by atoms with Crippen molar-refractivity contribution in [3.63, 3.8) is 0 Å². The molecule has 0 amide bonds. The molecule has 1 saturated heterocycles. The second-order valence-corrected chi connectivity index (χ2v) is 5.93. The summed E-state index contributed by atoms with van der Waals surface area (Å²) in [5.41, 5.74) is 0. The van der Waals surface area contributed by atoms with Crippen LogP contribution in [-0.2, 0) is 9.47 Å². The molecule has 5 unspecified atom stereocenters. The Hall–Kier alpha value is -0.510. The minimum absolute atomic E-state index is 0.0589. The van der Waals surface area contributed by atoms with Crippen LogP contribution in [0.2, 0.25) is 0 Å². The quantitative estimate of drug-likeness (QED) is 0.421. The normalized spacial score (nSPS) is 38.0. The van der Waals surface area contributed by atoms with Gasteiger partial charge in [-0.1, -0.05) is 6.42 Å². The van der Waals surface area contributed by atoms with E-state index >= 15 is 0 Å². The molecule has 1 heterocycles. The smallest absolute Gasteiger partial charge is 0.259 e. The first-order valence-corrected chi connectivity index (χ1v) is 7.71. The summed E-state index contributed by atoms with van der Waals surface area (Å²) in [5, 5.41) is 41.1. The van der Waals surface area contributed by atoms with Gasteiger partial charge >= 0.3 is 0 Å². The van der Waals surface area contributed by atoms with Gasteiger partial charge in [-0.2, -0.15) is 0 Å². The highest BCUT2D eigenvalue weighted by Gasteiger charge is 2.43. The minimum Gasteiger partial charge on any atom is -0.468 e. The van der Waals surface area contributed by atoms with Gasteiger partial charge in [-0.25, -0.2) is 0 Å². The molecule has 2 aliphatic rings. The van der Waals surface area contributed by atoms with Crippen LogP contribution in [0.1, 0.15) is 32.1 Å². The Bertz CT molecular complexity index is 350. The molecule has 21 heavy (non-hydrogen) atoms. The molecule has 122 valence electrons. The fourth-order valence-corrected chi connectivity index (χ4v) is 2.96. The summed E-state index contributed by atoms with van der Waals surface area (Å²) in [5.74, 6) is 0. The maximum absolute atomic E-state index is 9.88. The lowest BCUT2D eigenvalue weighted by atomic mass is 9.98. The fraction of sp³-hybridized carbons (Fsp3) is 0.923. The van der Waals surface area contributed by atoms with Gasteiger partial charge in [-0.3, -0.25) is 0 Å². The molecule has 7 nitrogen and oxygen atoms in total. The van der Waals surface area contributed by atoms with Gasteiger partial charge in [0.05, 0.1) is 6.61 Å². The van der Waals surface area contributed by atoms with Crippen molar-refractivity contribution in [2.24, 2.45) is 0 Å². The first kappa shape index (κ1) is 16.9. The van der Waals surface area contributed by atoms with Gasteiger partial charge in [0.15, 0.2) is 6.23 Å². The molecule has 1 saturated carbocycles. The van der Waals surface area contributed by atoms with E-state index in [1.165, 1.54) is 6.42 Å². The minimum atomic E-state index is -1.43. The predicted octanol–water partition coefficient (Wildman–Crippen LogP) is -0.990. The van der Waals surface area contributed by atoms with E-state index in [-0.39, 0.29) is 11.3 Å². The second-order valence-electron chi connectivity index (χ2n) is 5.56. The highest BCUT2D eigenvalue weighted by molar-refractivity contribution is 7.80. The number of aliphatic hydroxyl groups excluding tert-OH is 4. The molecule has 1 aliphatic heterocycles. The second kappa shape index (κ2) is 7.66. The molecule has 8 heteroatoms. The summed E-state index contributed by atoms with van der Waals surface area (Å²) in [6.07, 6.45) is -0.809. The zero-order valence-corrected chi connectivity index (χ0v) is 12.5. The van der Waals surface area contributed by atoms with E-state index in [2.05, 4.69) is 5.32 Å². The average molecular weight is 321 g/mol. The Morgan fingerprint density at radius 3 is 2.38 bits per heavy atom. The number of thiocarbonyl (C=S) groups is 1. The van der Waals surface area contributed by atoms with Gasteiger partial charge in [-0.15, -0.1) is 0 Å². The van der Waals surface area contributed by atoms with Crippen molar-refractivity contribution in [1.29, 1.82) is 0 Å². The van der Waals surface area contributed by atoms with Crippen LogP contribution in [0.25, 0.3) is 0 Å². The largest absolute Gasteiger partial charge is 0.468 e. The maximum atomic E-state index is 9.88. The average Bonchev–Trinajstić information content (AvgIpc) is 2.49. The van der Waals surface area contributed by atoms with Gasteiger partial charge in [-0.05, 0) is 37.9 Å². The Balaban J connectivity index is 1.86. The van der Waals surface area contributed by atoms with Crippen molar-refractivity contribution in [2.75, 3.05) is 6.61 Å². The molecule has 0 aromatic rings. The van der Waals surface area contributed by atoms with Gasteiger partial charge in [0.25, 0.3) is 5.17 Å². The van der Waals surface area contributed by atoms with Crippen molar-refractivity contribution in [2.45, 2.75) is 68.9 Å². The molecule has 0 aromatic heterocycles. The van der Waals surface area contributed by atoms with Crippen molar-refractivity contribution in [1.82, 2.24) is 5.32 Å². The van der Waals surface area contributed by atoms with Gasteiger partial charge in [0.1, 0.15) is 30.5 Å². The fourth-order valence-electron chi connectivity index (χ4n) is 2.71. The third-order valence-electron chi connectivity index (χ3n) is 3.98. The molecule has 2 rings (SSSR count).